The van der Waals surface area contributed by atoms with Gasteiger partial charge in [-0.05, 0) is 35.3 Å². The number of fused-ring (bicyclic) bond motifs is 1. The van der Waals surface area contributed by atoms with E-state index in [1.54, 1.807) is 0 Å². The highest BCUT2D eigenvalue weighted by atomic mass is 32.2. The maximum Gasteiger partial charge on any atom is 0.0305 e. The minimum Gasteiger partial charge on any atom is -0.324 e. The van der Waals surface area contributed by atoms with E-state index in [2.05, 4.69) is 25.1 Å². The first-order valence-corrected chi connectivity index (χ1v) is 6.41. The number of hydrogen-bond acceptors (Lipinski definition) is 2. The van der Waals surface area contributed by atoms with Crippen molar-refractivity contribution in [2.75, 3.05) is 5.75 Å². The van der Waals surface area contributed by atoms with Crippen molar-refractivity contribution in [3.63, 3.8) is 0 Å². The summed E-state index contributed by atoms with van der Waals surface area (Å²) in [5.74, 6) is 2.32. The second-order valence-corrected chi connectivity index (χ2v) is 4.94. The molecule has 0 fully saturated rings. The molecule has 76 valence electrons. The SMILES string of the molecule is CCc1ccc2c(c1)[C@@H](N)CCSC2. The molecule has 0 amide bonds. The average molecular weight is 207 g/mol. The highest BCUT2D eigenvalue weighted by Gasteiger charge is 2.15. The van der Waals surface area contributed by atoms with E-state index < -0.39 is 0 Å². The number of thioether (sulfide) groups is 1. The highest BCUT2D eigenvalue weighted by molar-refractivity contribution is 7.98. The third kappa shape index (κ3) is 1.96. The maximum atomic E-state index is 6.16. The van der Waals surface area contributed by atoms with Gasteiger partial charge in [0.15, 0.2) is 0 Å². The minimum atomic E-state index is 0.256. The summed E-state index contributed by atoms with van der Waals surface area (Å²) >= 11 is 2.00. The molecule has 2 N–H and O–H groups in total. The van der Waals surface area contributed by atoms with Crippen molar-refractivity contribution < 1.29 is 0 Å². The summed E-state index contributed by atoms with van der Waals surface area (Å²) < 4.78 is 0. The Morgan fingerprint density at radius 3 is 3.14 bits per heavy atom. The molecule has 2 heteroatoms. The molecule has 0 unspecified atom stereocenters. The molecule has 1 aliphatic rings. The summed E-state index contributed by atoms with van der Waals surface area (Å²) in [5, 5.41) is 0. The Morgan fingerprint density at radius 2 is 2.36 bits per heavy atom. The van der Waals surface area contributed by atoms with E-state index in [1.807, 2.05) is 11.8 Å². The molecule has 0 saturated heterocycles. The predicted molar refractivity (Wildman–Crippen MR) is 63.5 cm³/mol. The van der Waals surface area contributed by atoms with Gasteiger partial charge >= 0.3 is 0 Å². The summed E-state index contributed by atoms with van der Waals surface area (Å²) in [4.78, 5) is 0. The monoisotopic (exact) mass is 207 g/mol. The molecule has 2 rings (SSSR count). The minimum absolute atomic E-state index is 0.256. The van der Waals surface area contributed by atoms with Crippen molar-refractivity contribution in [1.82, 2.24) is 0 Å². The van der Waals surface area contributed by atoms with Crippen molar-refractivity contribution >= 4 is 11.8 Å². The van der Waals surface area contributed by atoms with Crippen molar-refractivity contribution in [3.05, 3.63) is 34.9 Å². The van der Waals surface area contributed by atoms with Crippen LogP contribution < -0.4 is 5.73 Å². The molecule has 0 aromatic heterocycles. The van der Waals surface area contributed by atoms with Gasteiger partial charge < -0.3 is 5.73 Å². The molecular formula is C12H17NS. The molecule has 0 saturated carbocycles. The number of benzene rings is 1. The van der Waals surface area contributed by atoms with Gasteiger partial charge in [0.05, 0.1) is 0 Å². The van der Waals surface area contributed by atoms with E-state index in [4.69, 9.17) is 5.73 Å². The van der Waals surface area contributed by atoms with E-state index in [0.717, 1.165) is 18.6 Å². The van der Waals surface area contributed by atoms with Crippen molar-refractivity contribution in [3.8, 4) is 0 Å². The molecule has 1 nitrogen and oxygen atoms in total. The van der Waals surface area contributed by atoms with Gasteiger partial charge in [-0.3, -0.25) is 0 Å². The van der Waals surface area contributed by atoms with Gasteiger partial charge in [-0.1, -0.05) is 25.1 Å². The van der Waals surface area contributed by atoms with Crippen LogP contribution >= 0.6 is 11.8 Å². The number of hydrogen-bond donors (Lipinski definition) is 1. The summed E-state index contributed by atoms with van der Waals surface area (Å²) in [6, 6.07) is 7.04. The van der Waals surface area contributed by atoms with Crippen LogP contribution in [0.2, 0.25) is 0 Å². The molecule has 1 aromatic rings. The van der Waals surface area contributed by atoms with Gasteiger partial charge in [-0.15, -0.1) is 0 Å². The Bertz CT molecular complexity index is 322. The van der Waals surface area contributed by atoms with Crippen LogP contribution in [0.5, 0.6) is 0 Å². The fraction of sp³-hybridized carbons (Fsp3) is 0.500. The molecule has 1 atom stereocenters. The first kappa shape index (κ1) is 10.1. The first-order valence-electron chi connectivity index (χ1n) is 5.26. The normalized spacial score (nSPS) is 21.4. The van der Waals surface area contributed by atoms with Crippen molar-refractivity contribution in [1.29, 1.82) is 0 Å². The summed E-state index contributed by atoms with van der Waals surface area (Å²) in [7, 11) is 0. The quantitative estimate of drug-likeness (QED) is 0.766. The van der Waals surface area contributed by atoms with Crippen LogP contribution in [-0.2, 0) is 12.2 Å². The van der Waals surface area contributed by atoms with Gasteiger partial charge in [-0.2, -0.15) is 11.8 Å². The lowest BCUT2D eigenvalue weighted by molar-refractivity contribution is 0.704. The molecule has 0 bridgehead atoms. The second kappa shape index (κ2) is 4.37. The van der Waals surface area contributed by atoms with E-state index in [1.165, 1.54) is 22.4 Å². The van der Waals surface area contributed by atoms with Crippen LogP contribution in [0.15, 0.2) is 18.2 Å². The second-order valence-electron chi connectivity index (χ2n) is 3.83. The summed E-state index contributed by atoms with van der Waals surface area (Å²) in [6.45, 7) is 2.19. The lowest BCUT2D eigenvalue weighted by atomic mass is 9.97. The number of rotatable bonds is 1. The van der Waals surface area contributed by atoms with Crippen molar-refractivity contribution in [2.24, 2.45) is 5.73 Å². The molecule has 1 aliphatic heterocycles. The lowest BCUT2D eigenvalue weighted by Gasteiger charge is -2.13. The molecule has 0 spiro atoms. The first-order chi connectivity index (χ1) is 6.81. The van der Waals surface area contributed by atoms with Gasteiger partial charge in [0, 0.05) is 11.8 Å². The van der Waals surface area contributed by atoms with Crippen LogP contribution in [0.3, 0.4) is 0 Å². The van der Waals surface area contributed by atoms with Crippen LogP contribution in [0.4, 0.5) is 0 Å². The van der Waals surface area contributed by atoms with Crippen molar-refractivity contribution in [2.45, 2.75) is 31.6 Å². The fourth-order valence-electron chi connectivity index (χ4n) is 1.89. The lowest BCUT2D eigenvalue weighted by Crippen LogP contribution is -2.11. The van der Waals surface area contributed by atoms with E-state index >= 15 is 0 Å². The molecular weight excluding hydrogens is 190 g/mol. The Balaban J connectivity index is 2.39. The fourth-order valence-corrected chi connectivity index (χ4v) is 2.94. The predicted octanol–water partition coefficient (Wildman–Crippen LogP) is 2.89. The number of nitrogens with two attached hydrogens (primary N) is 1. The van der Waals surface area contributed by atoms with Crippen LogP contribution in [0.1, 0.15) is 36.1 Å². The summed E-state index contributed by atoms with van der Waals surface area (Å²) in [5.41, 5.74) is 10.4. The van der Waals surface area contributed by atoms with Gasteiger partial charge in [0.2, 0.25) is 0 Å². The zero-order chi connectivity index (χ0) is 9.97. The smallest absolute Gasteiger partial charge is 0.0305 e. The largest absolute Gasteiger partial charge is 0.324 e. The highest BCUT2D eigenvalue weighted by Crippen LogP contribution is 2.29. The zero-order valence-corrected chi connectivity index (χ0v) is 9.44. The van der Waals surface area contributed by atoms with Gasteiger partial charge in [-0.25, -0.2) is 0 Å². The van der Waals surface area contributed by atoms with Gasteiger partial charge in [0.1, 0.15) is 0 Å². The van der Waals surface area contributed by atoms with E-state index in [0.29, 0.717) is 0 Å². The van der Waals surface area contributed by atoms with Crippen LogP contribution in [0.25, 0.3) is 0 Å². The average Bonchev–Trinajstić information content (AvgIpc) is 2.40. The van der Waals surface area contributed by atoms with Crippen LogP contribution in [-0.4, -0.2) is 5.75 Å². The number of aryl methyl sites for hydroxylation is 1. The third-order valence-electron chi connectivity index (χ3n) is 2.85. The standard InChI is InChI=1S/C12H17NS/c1-2-9-3-4-10-8-14-6-5-12(13)11(10)7-9/h3-4,7,12H,2,5-6,8,13H2,1H3/t12-/m0/s1. The molecule has 1 heterocycles. The Hall–Kier alpha value is -0.470. The third-order valence-corrected chi connectivity index (χ3v) is 3.89. The summed E-state index contributed by atoms with van der Waals surface area (Å²) in [6.07, 6.45) is 2.22. The zero-order valence-electron chi connectivity index (χ0n) is 8.62. The maximum absolute atomic E-state index is 6.16. The molecule has 14 heavy (non-hydrogen) atoms. The van der Waals surface area contributed by atoms with E-state index in [9.17, 15) is 0 Å². The Labute approximate surface area is 90.1 Å². The van der Waals surface area contributed by atoms with E-state index in [-0.39, 0.29) is 6.04 Å². The Kier molecular flexibility index (Phi) is 3.14. The molecule has 0 radical (unpaired) electrons. The molecule has 1 aromatic carbocycles. The molecule has 0 aliphatic carbocycles. The topological polar surface area (TPSA) is 26.0 Å². The van der Waals surface area contributed by atoms with Crippen LogP contribution in [0, 0.1) is 0 Å². The van der Waals surface area contributed by atoms with Gasteiger partial charge in [0.25, 0.3) is 0 Å². The Morgan fingerprint density at radius 1 is 1.50 bits per heavy atom.